The molecule has 0 spiro atoms. The number of carbonyl (C=O) groups is 1. The number of rotatable bonds is 6. The minimum Gasteiger partial charge on any atom is -0.480 e. The zero-order chi connectivity index (χ0) is 18.8. The predicted molar refractivity (Wildman–Crippen MR) is 108 cm³/mol. The van der Waals surface area contributed by atoms with Crippen LogP contribution in [0.4, 0.5) is 5.69 Å². The molecule has 136 valence electrons. The Morgan fingerprint density at radius 3 is 2.77 bits per heavy atom. The Bertz CT molecular complexity index is 946. The van der Waals surface area contributed by atoms with Crippen LogP contribution in [0.15, 0.2) is 41.0 Å². The van der Waals surface area contributed by atoms with E-state index >= 15 is 0 Å². The van der Waals surface area contributed by atoms with Gasteiger partial charge in [-0.25, -0.2) is 0 Å². The van der Waals surface area contributed by atoms with E-state index in [1.807, 2.05) is 24.4 Å². The maximum Gasteiger partial charge on any atom is 0.322 e. The van der Waals surface area contributed by atoms with E-state index < -0.39 is 5.97 Å². The fourth-order valence-electron chi connectivity index (χ4n) is 2.72. The second-order valence-electron chi connectivity index (χ2n) is 6.22. The molecule has 0 aliphatic heterocycles. The number of fused-ring (bicyclic) bond motifs is 1. The fourth-order valence-corrected chi connectivity index (χ4v) is 3.63. The summed E-state index contributed by atoms with van der Waals surface area (Å²) in [6.07, 6.45) is 2.02. The summed E-state index contributed by atoms with van der Waals surface area (Å²) in [7, 11) is 0. The van der Waals surface area contributed by atoms with E-state index in [-0.39, 0.29) is 6.54 Å². The van der Waals surface area contributed by atoms with E-state index in [2.05, 4.69) is 40.1 Å². The lowest BCUT2D eigenvalue weighted by atomic mass is 10.0. The molecule has 0 bridgehead atoms. The van der Waals surface area contributed by atoms with Gasteiger partial charge < -0.3 is 20.1 Å². The molecule has 26 heavy (non-hydrogen) atoms. The molecular weight excluding hydrogens is 420 g/mol. The van der Waals surface area contributed by atoms with Crippen LogP contribution in [0.25, 0.3) is 10.9 Å². The molecule has 7 heteroatoms. The molecule has 3 N–H and O–H groups in total. The van der Waals surface area contributed by atoms with Crippen molar-refractivity contribution in [2.24, 2.45) is 0 Å². The molecule has 0 radical (unpaired) electrons. The van der Waals surface area contributed by atoms with Crippen LogP contribution in [-0.4, -0.2) is 22.6 Å². The van der Waals surface area contributed by atoms with Gasteiger partial charge in [-0.15, -0.1) is 0 Å². The first-order valence-corrected chi connectivity index (χ1v) is 9.26. The maximum absolute atomic E-state index is 10.7. The van der Waals surface area contributed by atoms with Gasteiger partial charge >= 0.3 is 5.97 Å². The maximum atomic E-state index is 10.7. The highest BCUT2D eigenvalue weighted by atomic mass is 79.9. The van der Waals surface area contributed by atoms with E-state index in [4.69, 9.17) is 21.4 Å². The number of aromatic nitrogens is 1. The number of aliphatic carboxylic acids is 1. The number of aromatic amines is 1. The molecule has 0 aliphatic carbocycles. The lowest BCUT2D eigenvalue weighted by molar-refractivity contribution is -0.134. The van der Waals surface area contributed by atoms with Crippen molar-refractivity contribution >= 4 is 50.1 Å². The molecule has 3 aromatic rings. The highest BCUT2D eigenvalue weighted by Gasteiger charge is 2.13. The summed E-state index contributed by atoms with van der Waals surface area (Å²) in [6, 6.07) is 9.21. The van der Waals surface area contributed by atoms with Gasteiger partial charge in [0.25, 0.3) is 0 Å². The average Bonchev–Trinajstić information content (AvgIpc) is 2.99. The van der Waals surface area contributed by atoms with Gasteiger partial charge in [-0.3, -0.25) is 4.79 Å². The number of H-pyrrole nitrogens is 1. The first kappa shape index (κ1) is 18.6. The summed E-state index contributed by atoms with van der Waals surface area (Å²) in [5.74, 6) is 0.605. The Morgan fingerprint density at radius 2 is 2.12 bits per heavy atom. The SMILES string of the molecule is CC(C)c1c[nH]c2ccc(Oc3c(Cl)cc(NCC(=O)O)cc3Br)cc12. The van der Waals surface area contributed by atoms with Gasteiger partial charge in [-0.1, -0.05) is 25.4 Å². The second kappa shape index (κ2) is 7.60. The van der Waals surface area contributed by atoms with Gasteiger partial charge in [-0.2, -0.15) is 0 Å². The molecule has 3 rings (SSSR count). The van der Waals surface area contributed by atoms with E-state index in [0.29, 0.717) is 32.6 Å². The van der Waals surface area contributed by atoms with Crippen molar-refractivity contribution in [2.45, 2.75) is 19.8 Å². The number of hydrogen-bond donors (Lipinski definition) is 3. The van der Waals surface area contributed by atoms with E-state index in [0.717, 1.165) is 10.9 Å². The highest BCUT2D eigenvalue weighted by molar-refractivity contribution is 9.10. The average molecular weight is 438 g/mol. The van der Waals surface area contributed by atoms with Crippen molar-refractivity contribution in [3.8, 4) is 11.5 Å². The molecule has 0 fully saturated rings. The van der Waals surface area contributed by atoms with Crippen LogP contribution in [0, 0.1) is 0 Å². The van der Waals surface area contributed by atoms with Crippen LogP contribution >= 0.6 is 27.5 Å². The van der Waals surface area contributed by atoms with Crippen molar-refractivity contribution in [3.05, 3.63) is 51.6 Å². The molecule has 5 nitrogen and oxygen atoms in total. The summed E-state index contributed by atoms with van der Waals surface area (Å²) in [5.41, 5.74) is 2.88. The lowest BCUT2D eigenvalue weighted by Crippen LogP contribution is -2.12. The van der Waals surface area contributed by atoms with Gasteiger partial charge in [-0.05, 0) is 57.7 Å². The van der Waals surface area contributed by atoms with E-state index in [1.165, 1.54) is 5.56 Å². The number of nitrogens with one attached hydrogen (secondary N) is 2. The van der Waals surface area contributed by atoms with Crippen LogP contribution in [0.3, 0.4) is 0 Å². The third kappa shape index (κ3) is 3.97. The molecule has 1 heterocycles. The first-order valence-electron chi connectivity index (χ1n) is 8.08. The molecule has 0 amide bonds. The van der Waals surface area contributed by atoms with Gasteiger partial charge in [0.15, 0.2) is 5.75 Å². The quantitative estimate of drug-likeness (QED) is 0.442. The normalized spacial score (nSPS) is 11.1. The fraction of sp³-hybridized carbons (Fsp3) is 0.211. The molecule has 0 unspecified atom stereocenters. The van der Waals surface area contributed by atoms with Crippen molar-refractivity contribution < 1.29 is 14.6 Å². The van der Waals surface area contributed by atoms with Crippen molar-refractivity contribution in [3.63, 3.8) is 0 Å². The minimum atomic E-state index is -0.946. The number of ether oxygens (including phenoxy) is 1. The smallest absolute Gasteiger partial charge is 0.322 e. The number of benzene rings is 2. The van der Waals surface area contributed by atoms with Crippen LogP contribution in [0.5, 0.6) is 11.5 Å². The Morgan fingerprint density at radius 1 is 1.35 bits per heavy atom. The molecule has 0 atom stereocenters. The Balaban J connectivity index is 1.89. The molecule has 0 saturated heterocycles. The van der Waals surface area contributed by atoms with E-state index in [9.17, 15) is 4.79 Å². The Hall–Kier alpha value is -2.18. The summed E-state index contributed by atoms with van der Waals surface area (Å²) in [4.78, 5) is 13.9. The molecule has 2 aromatic carbocycles. The lowest BCUT2D eigenvalue weighted by Gasteiger charge is -2.13. The Labute approximate surface area is 164 Å². The van der Waals surface area contributed by atoms with Crippen molar-refractivity contribution in [1.82, 2.24) is 4.98 Å². The number of halogens is 2. The van der Waals surface area contributed by atoms with Crippen LogP contribution in [-0.2, 0) is 4.79 Å². The number of anilines is 1. The summed E-state index contributed by atoms with van der Waals surface area (Å²) < 4.78 is 6.63. The molecule has 0 aliphatic rings. The monoisotopic (exact) mass is 436 g/mol. The number of hydrogen-bond acceptors (Lipinski definition) is 3. The minimum absolute atomic E-state index is 0.189. The topological polar surface area (TPSA) is 74.3 Å². The molecular formula is C19H18BrClN2O3. The summed E-state index contributed by atoms with van der Waals surface area (Å²) >= 11 is 9.77. The highest BCUT2D eigenvalue weighted by Crippen LogP contribution is 2.40. The molecule has 1 aromatic heterocycles. The van der Waals surface area contributed by atoms with Gasteiger partial charge in [0.2, 0.25) is 0 Å². The zero-order valence-corrected chi connectivity index (χ0v) is 16.6. The third-order valence-corrected chi connectivity index (χ3v) is 4.84. The van der Waals surface area contributed by atoms with Gasteiger partial charge in [0.1, 0.15) is 12.3 Å². The second-order valence-corrected chi connectivity index (χ2v) is 7.49. The van der Waals surface area contributed by atoms with Crippen LogP contribution in [0.1, 0.15) is 25.3 Å². The largest absolute Gasteiger partial charge is 0.480 e. The summed E-state index contributed by atoms with van der Waals surface area (Å²) in [6.45, 7) is 4.10. The third-order valence-electron chi connectivity index (χ3n) is 3.97. The zero-order valence-electron chi connectivity index (χ0n) is 14.3. The molecule has 0 saturated carbocycles. The number of carboxylic acids is 1. The van der Waals surface area contributed by atoms with Crippen molar-refractivity contribution in [1.29, 1.82) is 0 Å². The predicted octanol–water partition coefficient (Wildman–Crippen LogP) is 6.00. The number of carboxylic acid groups (broad SMARTS) is 1. The van der Waals surface area contributed by atoms with Crippen molar-refractivity contribution in [2.75, 3.05) is 11.9 Å². The van der Waals surface area contributed by atoms with E-state index in [1.54, 1.807) is 12.1 Å². The first-order chi connectivity index (χ1) is 12.3. The summed E-state index contributed by atoms with van der Waals surface area (Å²) in [5, 5.41) is 13.0. The van der Waals surface area contributed by atoms with Gasteiger partial charge in [0.05, 0.1) is 9.50 Å². The van der Waals surface area contributed by atoms with Gasteiger partial charge in [0, 0.05) is 22.8 Å². The van der Waals surface area contributed by atoms with Crippen LogP contribution in [0.2, 0.25) is 5.02 Å². The Kier molecular flexibility index (Phi) is 5.44. The van der Waals surface area contributed by atoms with Crippen LogP contribution < -0.4 is 10.1 Å². The standard InChI is InChI=1S/C19H18BrClN2O3/c1-10(2)14-8-23-17-4-3-12(7-13(14)17)26-19-15(20)5-11(6-16(19)21)22-9-18(24)25/h3-8,10,22-23H,9H2,1-2H3,(H,24,25).